The minimum atomic E-state index is -0.267. The lowest BCUT2D eigenvalue weighted by molar-refractivity contribution is 0.610. The molecule has 0 amide bonds. The fraction of sp³-hybridized carbons (Fsp3) is 0.167. The second-order valence-corrected chi connectivity index (χ2v) is 3.56. The molecule has 88 valence electrons. The number of hydrogen-bond acceptors (Lipinski definition) is 4. The van der Waals surface area contributed by atoms with Crippen LogP contribution in [-0.4, -0.2) is 9.97 Å². The summed E-state index contributed by atoms with van der Waals surface area (Å²) in [5, 5.41) is 2.95. The van der Waals surface area contributed by atoms with E-state index >= 15 is 0 Å². The van der Waals surface area contributed by atoms with Crippen molar-refractivity contribution >= 4 is 5.95 Å². The van der Waals surface area contributed by atoms with Gasteiger partial charge in [-0.2, -0.15) is 0 Å². The first-order valence-corrected chi connectivity index (χ1v) is 5.28. The van der Waals surface area contributed by atoms with E-state index in [9.17, 15) is 4.39 Å². The fourth-order valence-electron chi connectivity index (χ4n) is 1.43. The molecular weight excluding hydrogens is 219 g/mol. The van der Waals surface area contributed by atoms with E-state index in [-0.39, 0.29) is 5.82 Å². The summed E-state index contributed by atoms with van der Waals surface area (Å²) in [5.41, 5.74) is 6.78. The smallest absolute Gasteiger partial charge is 0.222 e. The largest absolute Gasteiger partial charge is 0.350 e. The van der Waals surface area contributed by atoms with Gasteiger partial charge in [-0.05, 0) is 17.7 Å². The van der Waals surface area contributed by atoms with Crippen molar-refractivity contribution in [3.8, 4) is 0 Å². The van der Waals surface area contributed by atoms with Crippen LogP contribution in [0.25, 0.3) is 0 Å². The van der Waals surface area contributed by atoms with Crippen molar-refractivity contribution in [1.82, 2.24) is 9.97 Å². The van der Waals surface area contributed by atoms with Gasteiger partial charge in [0.05, 0.1) is 0 Å². The van der Waals surface area contributed by atoms with Crippen LogP contribution in [-0.2, 0) is 13.1 Å². The Morgan fingerprint density at radius 3 is 2.65 bits per heavy atom. The molecule has 1 aromatic heterocycles. The first-order valence-electron chi connectivity index (χ1n) is 5.28. The number of anilines is 1. The Balaban J connectivity index is 2.04. The predicted octanol–water partition coefficient (Wildman–Crippen LogP) is 1.69. The quantitative estimate of drug-likeness (QED) is 0.842. The molecule has 0 fully saturated rings. The number of nitrogens with zero attached hydrogens (tertiary/aromatic N) is 2. The Hall–Kier alpha value is -2.01. The molecule has 0 saturated heterocycles. The summed E-state index contributed by atoms with van der Waals surface area (Å²) in [6, 6.07) is 6.70. The summed E-state index contributed by atoms with van der Waals surface area (Å²) in [5.74, 6) is 0.214. The van der Waals surface area contributed by atoms with E-state index in [1.165, 1.54) is 6.07 Å². The number of aromatic nitrogens is 2. The lowest BCUT2D eigenvalue weighted by Crippen LogP contribution is -2.05. The van der Waals surface area contributed by atoms with Crippen LogP contribution in [0.1, 0.15) is 11.1 Å². The number of nitrogens with two attached hydrogens (primary N) is 1. The van der Waals surface area contributed by atoms with Crippen LogP contribution in [0.4, 0.5) is 10.3 Å². The van der Waals surface area contributed by atoms with Crippen LogP contribution >= 0.6 is 0 Å². The highest BCUT2D eigenvalue weighted by Crippen LogP contribution is 2.11. The molecule has 0 aliphatic heterocycles. The number of rotatable bonds is 4. The normalized spacial score (nSPS) is 10.2. The van der Waals surface area contributed by atoms with Gasteiger partial charge >= 0.3 is 0 Å². The van der Waals surface area contributed by atoms with Gasteiger partial charge in [0.2, 0.25) is 5.95 Å². The monoisotopic (exact) mass is 232 g/mol. The summed E-state index contributed by atoms with van der Waals surface area (Å²) in [6.07, 6.45) is 3.26. The maximum absolute atomic E-state index is 13.6. The second-order valence-electron chi connectivity index (χ2n) is 3.56. The van der Waals surface area contributed by atoms with Gasteiger partial charge in [0.25, 0.3) is 0 Å². The van der Waals surface area contributed by atoms with Crippen LogP contribution in [0, 0.1) is 5.82 Å². The topological polar surface area (TPSA) is 63.8 Å². The number of halogens is 1. The SMILES string of the molecule is NCc1ccc(CNc2ncccn2)c(F)c1. The molecular formula is C12H13FN4. The first kappa shape index (κ1) is 11.5. The van der Waals surface area contributed by atoms with Crippen LogP contribution in [0.3, 0.4) is 0 Å². The van der Waals surface area contributed by atoms with Crippen molar-refractivity contribution < 1.29 is 4.39 Å². The molecule has 0 bridgehead atoms. The minimum absolute atomic E-state index is 0.267. The third kappa shape index (κ3) is 2.98. The molecule has 17 heavy (non-hydrogen) atoms. The van der Waals surface area contributed by atoms with Gasteiger partial charge in [-0.15, -0.1) is 0 Å². The highest BCUT2D eigenvalue weighted by Gasteiger charge is 2.03. The highest BCUT2D eigenvalue weighted by atomic mass is 19.1. The summed E-state index contributed by atoms with van der Waals surface area (Å²) in [7, 11) is 0. The molecule has 0 aliphatic carbocycles. The molecule has 3 N–H and O–H groups in total. The van der Waals surface area contributed by atoms with Gasteiger partial charge in [0, 0.05) is 31.0 Å². The van der Waals surface area contributed by atoms with Gasteiger partial charge in [0.15, 0.2) is 0 Å². The maximum atomic E-state index is 13.6. The van der Waals surface area contributed by atoms with Gasteiger partial charge in [-0.1, -0.05) is 12.1 Å². The van der Waals surface area contributed by atoms with Gasteiger partial charge < -0.3 is 11.1 Å². The Labute approximate surface area is 98.7 Å². The molecule has 0 unspecified atom stereocenters. The molecule has 0 spiro atoms. The lowest BCUT2D eigenvalue weighted by atomic mass is 10.1. The molecule has 0 atom stereocenters. The average molecular weight is 232 g/mol. The van der Waals surface area contributed by atoms with E-state index in [1.54, 1.807) is 24.5 Å². The molecule has 2 aromatic rings. The van der Waals surface area contributed by atoms with E-state index in [1.807, 2.05) is 6.07 Å². The third-order valence-corrected chi connectivity index (χ3v) is 2.36. The standard InChI is InChI=1S/C12H13FN4/c13-11-6-9(7-14)2-3-10(11)8-17-12-15-4-1-5-16-12/h1-6H,7-8,14H2,(H,15,16,17). The van der Waals surface area contributed by atoms with Crippen molar-refractivity contribution in [3.63, 3.8) is 0 Å². The van der Waals surface area contributed by atoms with Gasteiger partial charge in [-0.25, -0.2) is 14.4 Å². The maximum Gasteiger partial charge on any atom is 0.222 e. The Morgan fingerprint density at radius 2 is 2.00 bits per heavy atom. The average Bonchev–Trinajstić information content (AvgIpc) is 2.38. The van der Waals surface area contributed by atoms with E-state index in [2.05, 4.69) is 15.3 Å². The minimum Gasteiger partial charge on any atom is -0.350 e. The van der Waals surface area contributed by atoms with Crippen LogP contribution in [0.15, 0.2) is 36.7 Å². The lowest BCUT2D eigenvalue weighted by Gasteiger charge is -2.06. The Kier molecular flexibility index (Phi) is 3.62. The molecule has 5 heteroatoms. The fourth-order valence-corrected chi connectivity index (χ4v) is 1.43. The van der Waals surface area contributed by atoms with Crippen molar-refractivity contribution in [3.05, 3.63) is 53.6 Å². The predicted molar refractivity (Wildman–Crippen MR) is 63.7 cm³/mol. The van der Waals surface area contributed by atoms with Crippen molar-refractivity contribution in [2.24, 2.45) is 5.73 Å². The number of benzene rings is 1. The van der Waals surface area contributed by atoms with E-state index in [4.69, 9.17) is 5.73 Å². The van der Waals surface area contributed by atoms with E-state index in [0.717, 1.165) is 5.56 Å². The molecule has 1 heterocycles. The highest BCUT2D eigenvalue weighted by molar-refractivity contribution is 5.29. The summed E-state index contributed by atoms with van der Waals surface area (Å²) in [4.78, 5) is 7.99. The molecule has 0 aliphatic rings. The molecule has 4 nitrogen and oxygen atoms in total. The second kappa shape index (κ2) is 5.36. The zero-order chi connectivity index (χ0) is 12.1. The van der Waals surface area contributed by atoms with Gasteiger partial charge in [-0.3, -0.25) is 0 Å². The molecule has 0 radical (unpaired) electrons. The van der Waals surface area contributed by atoms with E-state index in [0.29, 0.717) is 24.6 Å². The van der Waals surface area contributed by atoms with E-state index < -0.39 is 0 Å². The van der Waals surface area contributed by atoms with Crippen LogP contribution in [0.2, 0.25) is 0 Å². The van der Waals surface area contributed by atoms with Crippen LogP contribution < -0.4 is 11.1 Å². The van der Waals surface area contributed by atoms with Crippen LogP contribution in [0.5, 0.6) is 0 Å². The van der Waals surface area contributed by atoms with Crippen molar-refractivity contribution in [2.75, 3.05) is 5.32 Å². The first-order chi connectivity index (χ1) is 8.29. The summed E-state index contributed by atoms with van der Waals surface area (Å²) in [6.45, 7) is 0.688. The molecule has 1 aromatic carbocycles. The van der Waals surface area contributed by atoms with Crippen molar-refractivity contribution in [1.29, 1.82) is 0 Å². The zero-order valence-electron chi connectivity index (χ0n) is 9.23. The summed E-state index contributed by atoms with van der Waals surface area (Å²) >= 11 is 0. The summed E-state index contributed by atoms with van der Waals surface area (Å²) < 4.78 is 13.6. The zero-order valence-corrected chi connectivity index (χ0v) is 9.23. The van der Waals surface area contributed by atoms with Gasteiger partial charge in [0.1, 0.15) is 5.82 Å². The Bertz CT molecular complexity index is 487. The van der Waals surface area contributed by atoms with Crippen molar-refractivity contribution in [2.45, 2.75) is 13.1 Å². The molecule has 2 rings (SSSR count). The third-order valence-electron chi connectivity index (χ3n) is 2.36. The molecule has 0 saturated carbocycles. The number of hydrogen-bond donors (Lipinski definition) is 2. The number of nitrogens with one attached hydrogen (secondary N) is 1. The Morgan fingerprint density at radius 1 is 1.24 bits per heavy atom.